The molecule has 0 fully saturated rings. The highest BCUT2D eigenvalue weighted by Gasteiger charge is 2.33. The van der Waals surface area contributed by atoms with Crippen LogP contribution in [0.25, 0.3) is 0 Å². The smallest absolute Gasteiger partial charge is 0.193 e. The van der Waals surface area contributed by atoms with Gasteiger partial charge in [0.2, 0.25) is 0 Å². The minimum atomic E-state index is -1.80. The number of hydrogen-bond acceptors (Lipinski definition) is 1. The van der Waals surface area contributed by atoms with Crippen molar-refractivity contribution in [2.75, 3.05) is 7.11 Å². The highest BCUT2D eigenvalue weighted by molar-refractivity contribution is 6.73. The van der Waals surface area contributed by atoms with E-state index in [0.717, 1.165) is 0 Å². The molecule has 182 valence electrons. The van der Waals surface area contributed by atoms with Crippen LogP contribution >= 0.6 is 0 Å². The Labute approximate surface area is 205 Å². The molecular formula is C31H48OSi. The first-order valence-electron chi connectivity index (χ1n) is 13.9. The van der Waals surface area contributed by atoms with Gasteiger partial charge in [0.25, 0.3) is 0 Å². The lowest BCUT2D eigenvalue weighted by molar-refractivity contribution is 0.386. The molecule has 0 N–H and O–H groups in total. The van der Waals surface area contributed by atoms with Crippen molar-refractivity contribution in [2.45, 2.75) is 114 Å². The van der Waals surface area contributed by atoms with Crippen molar-refractivity contribution in [3.05, 3.63) is 71.4 Å². The second-order valence-corrected chi connectivity index (χ2v) is 14.7. The lowest BCUT2D eigenvalue weighted by Gasteiger charge is -2.32. The molecule has 0 aromatic carbocycles. The lowest BCUT2D eigenvalue weighted by Crippen LogP contribution is -2.37. The summed E-state index contributed by atoms with van der Waals surface area (Å²) in [4.78, 5) is 0. The Morgan fingerprint density at radius 3 is 1.27 bits per heavy atom. The molecule has 0 bridgehead atoms. The van der Waals surface area contributed by atoms with Crippen LogP contribution in [0, 0.1) is 0 Å². The molecule has 0 unspecified atom stereocenters. The van der Waals surface area contributed by atoms with Crippen LogP contribution in [0.15, 0.2) is 71.4 Å². The summed E-state index contributed by atoms with van der Waals surface area (Å²) in [6, 6.07) is 3.86. The van der Waals surface area contributed by atoms with Gasteiger partial charge in [-0.25, -0.2) is 0 Å². The third-order valence-corrected chi connectivity index (χ3v) is 12.2. The Morgan fingerprint density at radius 2 is 0.939 bits per heavy atom. The molecule has 0 radical (unpaired) electrons. The van der Waals surface area contributed by atoms with Crippen molar-refractivity contribution in [1.29, 1.82) is 0 Å². The Hall–Kier alpha value is -1.38. The summed E-state index contributed by atoms with van der Waals surface area (Å²) in [6.45, 7) is 0. The summed E-state index contributed by atoms with van der Waals surface area (Å²) >= 11 is 0. The average molecular weight is 465 g/mol. The van der Waals surface area contributed by atoms with E-state index >= 15 is 0 Å². The summed E-state index contributed by atoms with van der Waals surface area (Å²) in [7, 11) is 0.236. The van der Waals surface area contributed by atoms with E-state index in [9.17, 15) is 0 Å². The third-order valence-electron chi connectivity index (χ3n) is 7.90. The highest BCUT2D eigenvalue weighted by Crippen LogP contribution is 2.34. The average Bonchev–Trinajstić information content (AvgIpc) is 2.76. The second-order valence-electron chi connectivity index (χ2n) is 10.4. The largest absolute Gasteiger partial charge is 0.420 e. The zero-order valence-corrected chi connectivity index (χ0v) is 22.3. The fourth-order valence-corrected chi connectivity index (χ4v) is 9.16. The molecule has 0 heterocycles. The van der Waals surface area contributed by atoms with Gasteiger partial charge in [-0.3, -0.25) is 0 Å². The molecule has 0 saturated heterocycles. The SMILES string of the molecule is CO[Si](CCC1=CC=CCCCC1)(CCC1=CC=CCCCC1)CCC1=CC=CCCCC1. The Balaban J connectivity index is 1.69. The standard InChI is InChI=1S/C31H48OSi/c1-32-33(26-23-29-17-11-5-2-6-12-18-29,27-24-30-19-13-7-3-8-14-20-30)28-25-31-21-15-9-4-10-16-22-31/h5,7,9,11,13,15,17,19,21H,2-4,6,8,10,12,14,16,18,20,22-28H2,1H3. The molecule has 0 aliphatic heterocycles. The molecule has 0 spiro atoms. The Kier molecular flexibility index (Phi) is 12.3. The highest BCUT2D eigenvalue weighted by atomic mass is 28.4. The Bertz CT molecular complexity index is 651. The van der Waals surface area contributed by atoms with E-state index < -0.39 is 8.32 Å². The minimum absolute atomic E-state index is 1.24. The van der Waals surface area contributed by atoms with Gasteiger partial charge in [0.1, 0.15) is 0 Å². The molecule has 2 heteroatoms. The van der Waals surface area contributed by atoms with Crippen LogP contribution in [0.2, 0.25) is 18.1 Å². The van der Waals surface area contributed by atoms with E-state index in [1.54, 1.807) is 16.7 Å². The van der Waals surface area contributed by atoms with Gasteiger partial charge in [-0.2, -0.15) is 0 Å². The molecule has 33 heavy (non-hydrogen) atoms. The quantitative estimate of drug-likeness (QED) is 0.292. The van der Waals surface area contributed by atoms with Crippen molar-refractivity contribution in [1.82, 2.24) is 0 Å². The topological polar surface area (TPSA) is 9.23 Å². The predicted molar refractivity (Wildman–Crippen MR) is 148 cm³/mol. The zero-order valence-electron chi connectivity index (χ0n) is 21.3. The van der Waals surface area contributed by atoms with Crippen LogP contribution in [-0.4, -0.2) is 15.4 Å². The maximum Gasteiger partial charge on any atom is 0.193 e. The van der Waals surface area contributed by atoms with Crippen molar-refractivity contribution >= 4 is 8.32 Å². The monoisotopic (exact) mass is 464 g/mol. The maximum atomic E-state index is 6.58. The molecule has 0 aromatic heterocycles. The normalized spacial score (nSPS) is 21.9. The molecule has 1 nitrogen and oxygen atoms in total. The van der Waals surface area contributed by atoms with Gasteiger partial charge in [0.05, 0.1) is 0 Å². The van der Waals surface area contributed by atoms with Gasteiger partial charge in [0.15, 0.2) is 8.32 Å². The Morgan fingerprint density at radius 1 is 0.576 bits per heavy atom. The van der Waals surface area contributed by atoms with Crippen LogP contribution in [0.1, 0.15) is 96.3 Å². The van der Waals surface area contributed by atoms with E-state index in [0.29, 0.717) is 0 Å². The van der Waals surface area contributed by atoms with E-state index in [-0.39, 0.29) is 0 Å². The first-order chi connectivity index (χ1) is 16.3. The molecule has 3 aliphatic carbocycles. The van der Waals surface area contributed by atoms with Crippen LogP contribution in [0.4, 0.5) is 0 Å². The van der Waals surface area contributed by atoms with Crippen molar-refractivity contribution in [3.63, 3.8) is 0 Å². The van der Waals surface area contributed by atoms with E-state index in [2.05, 4.69) is 54.7 Å². The zero-order chi connectivity index (χ0) is 23.0. The molecule has 0 amide bonds. The first kappa shape index (κ1) is 26.2. The molecule has 3 aliphatic rings. The van der Waals surface area contributed by atoms with Gasteiger partial charge >= 0.3 is 0 Å². The lowest BCUT2D eigenvalue weighted by atomic mass is 10.0. The second kappa shape index (κ2) is 15.5. The summed E-state index contributed by atoms with van der Waals surface area (Å²) in [5, 5.41) is 0. The van der Waals surface area contributed by atoms with Gasteiger partial charge in [-0.15, -0.1) is 0 Å². The maximum absolute atomic E-state index is 6.58. The van der Waals surface area contributed by atoms with Gasteiger partial charge in [0, 0.05) is 7.11 Å². The third kappa shape index (κ3) is 10.2. The van der Waals surface area contributed by atoms with Gasteiger partial charge < -0.3 is 4.43 Å². The number of rotatable bonds is 10. The first-order valence-corrected chi connectivity index (χ1v) is 16.4. The summed E-state index contributed by atoms with van der Waals surface area (Å²) in [5.74, 6) is 0. The van der Waals surface area contributed by atoms with E-state index in [1.807, 2.05) is 7.11 Å². The minimum Gasteiger partial charge on any atom is -0.420 e. The van der Waals surface area contributed by atoms with Gasteiger partial charge in [-0.1, -0.05) is 71.4 Å². The van der Waals surface area contributed by atoms with E-state index in [1.165, 1.54) is 114 Å². The fraction of sp³-hybridized carbons (Fsp3) is 0.613. The van der Waals surface area contributed by atoms with E-state index in [4.69, 9.17) is 4.43 Å². The van der Waals surface area contributed by atoms with Crippen molar-refractivity contribution in [3.8, 4) is 0 Å². The van der Waals surface area contributed by atoms with Crippen molar-refractivity contribution in [2.24, 2.45) is 0 Å². The summed E-state index contributed by atoms with van der Waals surface area (Å²) in [6.07, 6.45) is 40.6. The van der Waals surface area contributed by atoms with Crippen LogP contribution in [0.5, 0.6) is 0 Å². The summed E-state index contributed by atoms with van der Waals surface area (Å²) < 4.78 is 6.58. The van der Waals surface area contributed by atoms with Crippen molar-refractivity contribution < 1.29 is 4.43 Å². The van der Waals surface area contributed by atoms with Crippen LogP contribution < -0.4 is 0 Å². The molecular weight excluding hydrogens is 416 g/mol. The summed E-state index contributed by atoms with van der Waals surface area (Å²) in [5.41, 5.74) is 4.96. The molecule has 0 aromatic rings. The number of hydrogen-bond donors (Lipinski definition) is 0. The van der Waals surface area contributed by atoms with Crippen LogP contribution in [0.3, 0.4) is 0 Å². The fourth-order valence-electron chi connectivity index (χ4n) is 5.47. The molecule has 0 saturated carbocycles. The van der Waals surface area contributed by atoms with Gasteiger partial charge in [-0.05, 0) is 114 Å². The van der Waals surface area contributed by atoms with Crippen LogP contribution in [-0.2, 0) is 4.43 Å². The predicted octanol–water partition coefficient (Wildman–Crippen LogP) is 9.92. The molecule has 0 atom stereocenters. The number of allylic oxidation sites excluding steroid dienone is 12. The molecule has 3 rings (SSSR count).